The Kier molecular flexibility index (Phi) is 6.14. The maximum Gasteiger partial charge on any atom is 0.0931 e. The van der Waals surface area contributed by atoms with Gasteiger partial charge in [0, 0.05) is 18.6 Å². The molecule has 0 saturated carbocycles. The molecule has 2 unspecified atom stereocenters. The molecular weight excluding hydrogens is 276 g/mol. The Balaban J connectivity index is 1.98. The molecule has 0 bridgehead atoms. The average molecular weight is 301 g/mol. The molecule has 1 aliphatic heterocycles. The first-order valence-corrected chi connectivity index (χ1v) is 8.67. The van der Waals surface area contributed by atoms with Crippen molar-refractivity contribution in [2.45, 2.75) is 51.6 Å². The summed E-state index contributed by atoms with van der Waals surface area (Å²) < 4.78 is 0.899. The molecule has 4 heteroatoms. The molecule has 0 aliphatic carbocycles. The molecule has 1 fully saturated rings. The lowest BCUT2D eigenvalue weighted by Gasteiger charge is -2.31. The van der Waals surface area contributed by atoms with E-state index in [1.54, 1.807) is 11.3 Å². The molecule has 2 rings (SSSR count). The van der Waals surface area contributed by atoms with Gasteiger partial charge in [-0.25, -0.2) is 0 Å². The number of nitrogens with zero attached hydrogens (tertiary/aromatic N) is 1. The van der Waals surface area contributed by atoms with E-state index in [2.05, 4.69) is 35.5 Å². The van der Waals surface area contributed by atoms with Crippen LogP contribution in [0.3, 0.4) is 0 Å². The molecule has 2 nitrogen and oxygen atoms in total. The van der Waals surface area contributed by atoms with Crippen molar-refractivity contribution in [1.82, 2.24) is 10.2 Å². The van der Waals surface area contributed by atoms with E-state index in [0.29, 0.717) is 12.1 Å². The van der Waals surface area contributed by atoms with Gasteiger partial charge in [-0.1, -0.05) is 24.9 Å². The molecule has 0 aromatic carbocycles. The van der Waals surface area contributed by atoms with Gasteiger partial charge < -0.3 is 5.32 Å². The van der Waals surface area contributed by atoms with Crippen molar-refractivity contribution < 1.29 is 0 Å². The van der Waals surface area contributed by atoms with Gasteiger partial charge in [0.2, 0.25) is 0 Å². The third kappa shape index (κ3) is 4.45. The molecule has 19 heavy (non-hydrogen) atoms. The molecule has 1 N–H and O–H groups in total. The van der Waals surface area contributed by atoms with Crippen LogP contribution in [0.15, 0.2) is 11.4 Å². The van der Waals surface area contributed by atoms with Crippen LogP contribution in [0.25, 0.3) is 0 Å². The van der Waals surface area contributed by atoms with Gasteiger partial charge in [-0.05, 0) is 56.3 Å². The lowest BCUT2D eigenvalue weighted by Crippen LogP contribution is -2.39. The molecule has 108 valence electrons. The highest BCUT2D eigenvalue weighted by Gasteiger charge is 2.22. The highest BCUT2D eigenvalue weighted by molar-refractivity contribution is 7.14. The number of hydrogen-bond donors (Lipinski definition) is 1. The van der Waals surface area contributed by atoms with E-state index in [-0.39, 0.29) is 0 Å². The molecule has 1 saturated heterocycles. The first-order valence-electron chi connectivity index (χ1n) is 7.42. The van der Waals surface area contributed by atoms with E-state index in [9.17, 15) is 0 Å². The van der Waals surface area contributed by atoms with E-state index in [0.717, 1.165) is 10.9 Å². The third-order valence-electron chi connectivity index (χ3n) is 4.03. The molecule has 1 aliphatic rings. The van der Waals surface area contributed by atoms with Crippen LogP contribution in [0, 0.1) is 0 Å². The Morgan fingerprint density at radius 1 is 1.58 bits per heavy atom. The van der Waals surface area contributed by atoms with Crippen molar-refractivity contribution >= 4 is 22.9 Å². The van der Waals surface area contributed by atoms with Gasteiger partial charge in [0.25, 0.3) is 0 Å². The average Bonchev–Trinajstić information content (AvgIpc) is 3.05. The quantitative estimate of drug-likeness (QED) is 0.807. The van der Waals surface area contributed by atoms with Crippen LogP contribution in [-0.4, -0.2) is 30.6 Å². The second-order valence-corrected chi connectivity index (χ2v) is 7.04. The number of unbranched alkanes of at least 4 members (excludes halogenated alkanes) is 1. The summed E-state index contributed by atoms with van der Waals surface area (Å²) in [5.41, 5.74) is 1.36. The maximum atomic E-state index is 6.07. The van der Waals surface area contributed by atoms with Crippen LogP contribution in [0.5, 0.6) is 0 Å². The molecule has 0 spiro atoms. The summed E-state index contributed by atoms with van der Waals surface area (Å²) in [5, 5.41) is 5.81. The zero-order valence-corrected chi connectivity index (χ0v) is 13.6. The standard InChI is InChI=1S/C15H25ClN2S/c1-3-4-8-18(10-14-6-5-7-17-14)12(2)13-9-15(16)19-11-13/h9,11-12,14,17H,3-8,10H2,1-2H3. The normalized spacial score (nSPS) is 21.2. The van der Waals surface area contributed by atoms with Gasteiger partial charge in [0.15, 0.2) is 0 Å². The Bertz CT molecular complexity index is 374. The number of hydrogen-bond acceptors (Lipinski definition) is 3. The molecule has 1 aromatic rings. The van der Waals surface area contributed by atoms with Crippen LogP contribution in [0.4, 0.5) is 0 Å². The first-order chi connectivity index (χ1) is 9.20. The molecule has 0 radical (unpaired) electrons. The Labute approximate surface area is 126 Å². The molecule has 2 heterocycles. The highest BCUT2D eigenvalue weighted by Crippen LogP contribution is 2.29. The monoisotopic (exact) mass is 300 g/mol. The summed E-state index contributed by atoms with van der Waals surface area (Å²) in [5.74, 6) is 0. The Hall–Kier alpha value is -0.0900. The lowest BCUT2D eigenvalue weighted by molar-refractivity contribution is 0.189. The summed E-state index contributed by atoms with van der Waals surface area (Å²) in [6.45, 7) is 8.10. The predicted molar refractivity (Wildman–Crippen MR) is 85.2 cm³/mol. The summed E-state index contributed by atoms with van der Waals surface area (Å²) >= 11 is 7.71. The minimum atomic E-state index is 0.470. The van der Waals surface area contributed by atoms with Crippen LogP contribution >= 0.6 is 22.9 Å². The fraction of sp³-hybridized carbons (Fsp3) is 0.733. The predicted octanol–water partition coefficient (Wildman–Crippen LogP) is 4.32. The molecule has 1 aromatic heterocycles. The second-order valence-electron chi connectivity index (χ2n) is 5.50. The zero-order chi connectivity index (χ0) is 13.7. The largest absolute Gasteiger partial charge is 0.313 e. The maximum absolute atomic E-state index is 6.07. The minimum absolute atomic E-state index is 0.470. The van der Waals surface area contributed by atoms with Gasteiger partial charge >= 0.3 is 0 Å². The number of nitrogens with one attached hydrogen (secondary N) is 1. The van der Waals surface area contributed by atoms with Crippen LogP contribution < -0.4 is 5.32 Å². The van der Waals surface area contributed by atoms with Gasteiger partial charge in [0.1, 0.15) is 0 Å². The Morgan fingerprint density at radius 3 is 3.00 bits per heavy atom. The van der Waals surface area contributed by atoms with E-state index in [4.69, 9.17) is 11.6 Å². The number of rotatable bonds is 7. The number of halogens is 1. The highest BCUT2D eigenvalue weighted by atomic mass is 35.5. The van der Waals surface area contributed by atoms with Crippen molar-refractivity contribution in [3.8, 4) is 0 Å². The fourth-order valence-corrected chi connectivity index (χ4v) is 3.73. The molecular formula is C15H25ClN2S. The molecule has 2 atom stereocenters. The first kappa shape index (κ1) is 15.3. The van der Waals surface area contributed by atoms with Gasteiger partial charge in [-0.15, -0.1) is 11.3 Å². The molecule has 0 amide bonds. The summed E-state index contributed by atoms with van der Waals surface area (Å²) in [6.07, 6.45) is 5.17. The smallest absolute Gasteiger partial charge is 0.0931 e. The van der Waals surface area contributed by atoms with Gasteiger partial charge in [-0.2, -0.15) is 0 Å². The van der Waals surface area contributed by atoms with E-state index in [1.807, 2.05) is 0 Å². The topological polar surface area (TPSA) is 15.3 Å². The number of thiophene rings is 1. The van der Waals surface area contributed by atoms with Crippen LogP contribution in [0.2, 0.25) is 4.34 Å². The SMILES string of the molecule is CCCCN(CC1CCCN1)C(C)c1csc(Cl)c1. The van der Waals surface area contributed by atoms with E-state index < -0.39 is 0 Å². The summed E-state index contributed by atoms with van der Waals surface area (Å²) in [7, 11) is 0. The zero-order valence-electron chi connectivity index (χ0n) is 12.0. The van der Waals surface area contributed by atoms with Crippen molar-refractivity contribution in [2.75, 3.05) is 19.6 Å². The van der Waals surface area contributed by atoms with Crippen molar-refractivity contribution in [2.24, 2.45) is 0 Å². The fourth-order valence-electron chi connectivity index (χ4n) is 2.75. The summed E-state index contributed by atoms with van der Waals surface area (Å²) in [6, 6.07) is 3.27. The van der Waals surface area contributed by atoms with E-state index >= 15 is 0 Å². The van der Waals surface area contributed by atoms with Gasteiger partial charge in [-0.3, -0.25) is 4.90 Å². The van der Waals surface area contributed by atoms with Gasteiger partial charge in [0.05, 0.1) is 4.34 Å². The van der Waals surface area contributed by atoms with Crippen LogP contribution in [-0.2, 0) is 0 Å². The second kappa shape index (κ2) is 7.63. The van der Waals surface area contributed by atoms with Crippen molar-refractivity contribution in [1.29, 1.82) is 0 Å². The third-order valence-corrected chi connectivity index (χ3v) is 5.14. The van der Waals surface area contributed by atoms with Crippen LogP contribution in [0.1, 0.15) is 51.1 Å². The minimum Gasteiger partial charge on any atom is -0.313 e. The van der Waals surface area contributed by atoms with Crippen molar-refractivity contribution in [3.63, 3.8) is 0 Å². The Morgan fingerprint density at radius 2 is 2.42 bits per heavy atom. The summed E-state index contributed by atoms with van der Waals surface area (Å²) in [4.78, 5) is 2.62. The van der Waals surface area contributed by atoms with E-state index in [1.165, 1.54) is 44.3 Å². The lowest BCUT2D eigenvalue weighted by atomic mass is 10.1. The van der Waals surface area contributed by atoms with Crippen molar-refractivity contribution in [3.05, 3.63) is 21.3 Å².